The highest BCUT2D eigenvalue weighted by molar-refractivity contribution is 5.83. The van der Waals surface area contributed by atoms with Crippen molar-refractivity contribution in [3.63, 3.8) is 0 Å². The Bertz CT molecular complexity index is 605. The first-order chi connectivity index (χ1) is 8.35. The van der Waals surface area contributed by atoms with Crippen LogP contribution in [0.25, 0.3) is 17.0 Å². The number of fused-ring (bicyclic) bond motifs is 2. The van der Waals surface area contributed by atoms with Gasteiger partial charge >= 0.3 is 5.97 Å². The van der Waals surface area contributed by atoms with E-state index in [1.807, 2.05) is 24.3 Å². The third kappa shape index (κ3) is 1.31. The minimum Gasteiger partial charge on any atom is -0.464 e. The molecule has 1 aromatic heterocycles. The van der Waals surface area contributed by atoms with Gasteiger partial charge in [0.05, 0.1) is 19.5 Å². The van der Waals surface area contributed by atoms with Gasteiger partial charge < -0.3 is 18.6 Å². The fraction of sp³-hybridized carbons (Fsp3) is 0.231. The van der Waals surface area contributed by atoms with Gasteiger partial charge in [0.15, 0.2) is 0 Å². The molecule has 0 aliphatic carbocycles. The molecule has 2 aliphatic heterocycles. The molecule has 1 saturated heterocycles. The van der Waals surface area contributed by atoms with Crippen molar-refractivity contribution in [1.82, 2.24) is 0 Å². The third-order valence-electron chi connectivity index (χ3n) is 2.99. The molecule has 0 atom stereocenters. The average Bonchev–Trinajstić information content (AvgIpc) is 2.95. The number of furan rings is 1. The first-order valence-corrected chi connectivity index (χ1v) is 5.52. The predicted octanol–water partition coefficient (Wildman–Crippen LogP) is 2.54. The van der Waals surface area contributed by atoms with E-state index in [-0.39, 0.29) is 0 Å². The van der Waals surface area contributed by atoms with Crippen LogP contribution >= 0.6 is 0 Å². The summed E-state index contributed by atoms with van der Waals surface area (Å²) < 4.78 is 22.1. The summed E-state index contributed by atoms with van der Waals surface area (Å²) in [4.78, 5) is 0. The van der Waals surface area contributed by atoms with Crippen LogP contribution in [-0.2, 0) is 9.47 Å². The van der Waals surface area contributed by atoms with E-state index >= 15 is 0 Å². The second-order valence-electron chi connectivity index (χ2n) is 4.08. The third-order valence-corrected chi connectivity index (χ3v) is 2.99. The number of hydrogen-bond acceptors (Lipinski definition) is 4. The van der Waals surface area contributed by atoms with Crippen molar-refractivity contribution < 1.29 is 18.6 Å². The van der Waals surface area contributed by atoms with Crippen LogP contribution in [0.3, 0.4) is 0 Å². The minimum absolute atomic E-state index is 0.544. The van der Waals surface area contributed by atoms with Crippen molar-refractivity contribution in [3.05, 3.63) is 36.1 Å². The molecule has 0 bridgehead atoms. The zero-order valence-corrected chi connectivity index (χ0v) is 9.01. The van der Waals surface area contributed by atoms with E-state index in [4.69, 9.17) is 18.6 Å². The SMILES string of the molecule is C1=CC2(OCCO2)Oc2cc3occc3cc21. The van der Waals surface area contributed by atoms with Gasteiger partial charge in [-0.15, -0.1) is 0 Å². The Labute approximate surface area is 97.4 Å². The molecule has 1 fully saturated rings. The number of rotatable bonds is 0. The Morgan fingerprint density at radius 3 is 2.88 bits per heavy atom. The number of ether oxygens (including phenoxy) is 3. The standard InChI is InChI=1S/C13H10O4/c1-3-13(15-5-6-16-13)17-12-8-11-10(2-4-14-11)7-9(1)12/h1-4,7-8H,5-6H2. The Morgan fingerprint density at radius 2 is 2.00 bits per heavy atom. The van der Waals surface area contributed by atoms with Gasteiger partial charge in [0.1, 0.15) is 11.3 Å². The van der Waals surface area contributed by atoms with Crippen molar-refractivity contribution in [3.8, 4) is 5.75 Å². The molecule has 0 saturated carbocycles. The molecule has 17 heavy (non-hydrogen) atoms. The van der Waals surface area contributed by atoms with Gasteiger partial charge in [-0.25, -0.2) is 0 Å². The molecule has 86 valence electrons. The van der Waals surface area contributed by atoms with Crippen molar-refractivity contribution in [2.75, 3.05) is 13.2 Å². The molecule has 4 nitrogen and oxygen atoms in total. The van der Waals surface area contributed by atoms with Crippen LogP contribution in [0, 0.1) is 0 Å². The summed E-state index contributed by atoms with van der Waals surface area (Å²) in [6, 6.07) is 5.81. The Morgan fingerprint density at radius 1 is 1.12 bits per heavy atom. The van der Waals surface area contributed by atoms with Crippen LogP contribution in [0.4, 0.5) is 0 Å². The Hall–Kier alpha value is -1.78. The summed E-state index contributed by atoms with van der Waals surface area (Å²) in [5, 5.41) is 1.06. The number of hydrogen-bond donors (Lipinski definition) is 0. The average molecular weight is 230 g/mol. The van der Waals surface area contributed by atoms with Crippen LogP contribution in [0.2, 0.25) is 0 Å². The second-order valence-corrected chi connectivity index (χ2v) is 4.08. The Balaban J connectivity index is 1.85. The van der Waals surface area contributed by atoms with Crippen molar-refractivity contribution in [2.45, 2.75) is 5.97 Å². The number of benzene rings is 1. The van der Waals surface area contributed by atoms with Crippen LogP contribution in [0.15, 0.2) is 35.0 Å². The molecule has 0 amide bonds. The van der Waals surface area contributed by atoms with Crippen LogP contribution in [-0.4, -0.2) is 19.2 Å². The maximum Gasteiger partial charge on any atom is 0.349 e. The fourth-order valence-corrected chi connectivity index (χ4v) is 2.17. The monoisotopic (exact) mass is 230 g/mol. The molecule has 0 N–H and O–H groups in total. The summed E-state index contributed by atoms with van der Waals surface area (Å²) in [5.41, 5.74) is 1.80. The molecular weight excluding hydrogens is 220 g/mol. The molecule has 1 aromatic carbocycles. The zero-order valence-electron chi connectivity index (χ0n) is 9.01. The summed E-state index contributed by atoms with van der Waals surface area (Å²) in [7, 11) is 0. The van der Waals surface area contributed by atoms with E-state index in [1.165, 1.54) is 0 Å². The van der Waals surface area contributed by atoms with E-state index in [2.05, 4.69) is 0 Å². The van der Waals surface area contributed by atoms with Crippen molar-refractivity contribution in [1.29, 1.82) is 0 Å². The van der Waals surface area contributed by atoms with Crippen molar-refractivity contribution in [2.24, 2.45) is 0 Å². The summed E-state index contributed by atoms with van der Waals surface area (Å²) >= 11 is 0. The summed E-state index contributed by atoms with van der Waals surface area (Å²) in [5.74, 6) is -0.315. The van der Waals surface area contributed by atoms with Gasteiger partial charge in [-0.05, 0) is 18.2 Å². The van der Waals surface area contributed by atoms with Gasteiger partial charge in [-0.2, -0.15) is 0 Å². The van der Waals surface area contributed by atoms with E-state index in [1.54, 1.807) is 12.3 Å². The molecule has 2 aromatic rings. The topological polar surface area (TPSA) is 40.8 Å². The second kappa shape index (κ2) is 3.12. The lowest BCUT2D eigenvalue weighted by molar-refractivity contribution is -0.249. The van der Waals surface area contributed by atoms with E-state index in [0.717, 1.165) is 22.3 Å². The molecule has 4 heteroatoms. The largest absolute Gasteiger partial charge is 0.464 e. The fourth-order valence-electron chi connectivity index (χ4n) is 2.17. The highest BCUT2D eigenvalue weighted by Crippen LogP contribution is 2.37. The van der Waals surface area contributed by atoms with E-state index < -0.39 is 5.97 Å². The summed E-state index contributed by atoms with van der Waals surface area (Å²) in [6.07, 6.45) is 5.42. The first-order valence-electron chi connectivity index (χ1n) is 5.52. The molecule has 1 spiro atoms. The minimum atomic E-state index is -1.03. The van der Waals surface area contributed by atoms with Crippen LogP contribution in [0.5, 0.6) is 5.75 Å². The molecule has 4 rings (SSSR count). The van der Waals surface area contributed by atoms with E-state index in [9.17, 15) is 0 Å². The maximum atomic E-state index is 5.77. The normalized spacial score (nSPS) is 20.7. The van der Waals surface area contributed by atoms with Crippen LogP contribution < -0.4 is 4.74 Å². The summed E-state index contributed by atoms with van der Waals surface area (Å²) in [6.45, 7) is 1.09. The zero-order chi connectivity index (χ0) is 11.3. The van der Waals surface area contributed by atoms with Gasteiger partial charge in [-0.3, -0.25) is 0 Å². The Kier molecular flexibility index (Phi) is 1.70. The molecule has 0 radical (unpaired) electrons. The quantitative estimate of drug-likeness (QED) is 0.697. The molecular formula is C13H10O4. The first kappa shape index (κ1) is 9.27. The smallest absolute Gasteiger partial charge is 0.349 e. The lowest BCUT2D eigenvalue weighted by atomic mass is 10.1. The highest BCUT2D eigenvalue weighted by Gasteiger charge is 2.39. The molecule has 0 unspecified atom stereocenters. The highest BCUT2D eigenvalue weighted by atomic mass is 16.9. The van der Waals surface area contributed by atoms with Gasteiger partial charge in [0, 0.05) is 23.1 Å². The van der Waals surface area contributed by atoms with Crippen LogP contribution in [0.1, 0.15) is 5.56 Å². The van der Waals surface area contributed by atoms with E-state index in [0.29, 0.717) is 13.2 Å². The lowest BCUT2D eigenvalue weighted by Gasteiger charge is -2.28. The maximum absolute atomic E-state index is 5.77. The molecule has 3 heterocycles. The predicted molar refractivity (Wildman–Crippen MR) is 60.5 cm³/mol. The van der Waals surface area contributed by atoms with Crippen molar-refractivity contribution >= 4 is 17.0 Å². The van der Waals surface area contributed by atoms with Gasteiger partial charge in [-0.1, -0.05) is 0 Å². The van der Waals surface area contributed by atoms with Gasteiger partial charge in [0.25, 0.3) is 0 Å². The van der Waals surface area contributed by atoms with Gasteiger partial charge in [0.2, 0.25) is 0 Å². The molecule has 2 aliphatic rings. The lowest BCUT2D eigenvalue weighted by Crippen LogP contribution is -2.36.